The average molecular weight is 292 g/mol. The first-order valence-electron chi connectivity index (χ1n) is 6.68. The van der Waals surface area contributed by atoms with Gasteiger partial charge in [-0.3, -0.25) is 19.2 Å². The molecule has 6 nitrogen and oxygen atoms in total. The van der Waals surface area contributed by atoms with Crippen LogP contribution in [0.1, 0.15) is 26.2 Å². The van der Waals surface area contributed by atoms with E-state index >= 15 is 0 Å². The van der Waals surface area contributed by atoms with Crippen LogP contribution >= 0.6 is 0 Å². The van der Waals surface area contributed by atoms with Crippen molar-refractivity contribution < 1.29 is 28.7 Å². The van der Waals surface area contributed by atoms with E-state index in [4.69, 9.17) is 0 Å². The first-order valence-corrected chi connectivity index (χ1v) is 6.68. The number of esters is 4. The molecule has 0 N–H and O–H groups in total. The number of ether oxygens (including phenoxy) is 2. The molecule has 2 aliphatic heterocycles. The fourth-order valence-corrected chi connectivity index (χ4v) is 2.48. The van der Waals surface area contributed by atoms with Crippen molar-refractivity contribution >= 4 is 23.9 Å². The van der Waals surface area contributed by atoms with Gasteiger partial charge in [0.05, 0.1) is 24.7 Å². The van der Waals surface area contributed by atoms with E-state index in [2.05, 4.69) is 16.1 Å². The van der Waals surface area contributed by atoms with Crippen LogP contribution in [0.15, 0.2) is 24.3 Å². The van der Waals surface area contributed by atoms with Crippen LogP contribution in [0.4, 0.5) is 0 Å². The quantitative estimate of drug-likeness (QED) is 0.431. The van der Waals surface area contributed by atoms with Gasteiger partial charge in [-0.2, -0.15) is 0 Å². The number of cyclic esters (lactones) is 4. The first-order chi connectivity index (χ1) is 9.86. The summed E-state index contributed by atoms with van der Waals surface area (Å²) in [6.07, 6.45) is 3.78. The second-order valence-corrected chi connectivity index (χ2v) is 5.42. The van der Waals surface area contributed by atoms with Crippen molar-refractivity contribution in [3.63, 3.8) is 0 Å². The predicted octanol–water partition coefficient (Wildman–Crippen LogP) is 1.30. The molecule has 0 aliphatic carbocycles. The molecule has 21 heavy (non-hydrogen) atoms. The second-order valence-electron chi connectivity index (χ2n) is 5.42. The van der Waals surface area contributed by atoms with Crippen molar-refractivity contribution in [2.75, 3.05) is 0 Å². The summed E-state index contributed by atoms with van der Waals surface area (Å²) in [7, 11) is 0. The van der Waals surface area contributed by atoms with E-state index in [0.717, 1.165) is 5.57 Å². The van der Waals surface area contributed by atoms with Crippen LogP contribution in [-0.4, -0.2) is 23.9 Å². The standard InChI is InChI=1S/C15H16O6/c1-8(2)5-9(11-7-13(17)21-15(11)19)3-4-10-6-12(16)20-14(10)18/h3-4,9-11H,1,5-7H2,2H3. The van der Waals surface area contributed by atoms with Crippen molar-refractivity contribution in [3.05, 3.63) is 24.3 Å². The summed E-state index contributed by atoms with van der Waals surface area (Å²) in [5.41, 5.74) is 0.849. The molecule has 0 bridgehead atoms. The second kappa shape index (κ2) is 6.03. The Labute approximate surface area is 121 Å². The third-order valence-corrected chi connectivity index (χ3v) is 3.50. The Morgan fingerprint density at radius 1 is 1.19 bits per heavy atom. The molecule has 2 fully saturated rings. The summed E-state index contributed by atoms with van der Waals surface area (Å²) in [5, 5.41) is 0. The lowest BCUT2D eigenvalue weighted by Crippen LogP contribution is -2.18. The van der Waals surface area contributed by atoms with Gasteiger partial charge < -0.3 is 9.47 Å². The Bertz CT molecular complexity index is 544. The van der Waals surface area contributed by atoms with Gasteiger partial charge in [0.25, 0.3) is 0 Å². The van der Waals surface area contributed by atoms with Crippen molar-refractivity contribution in [1.82, 2.24) is 0 Å². The summed E-state index contributed by atoms with van der Waals surface area (Å²) in [4.78, 5) is 45.3. The predicted molar refractivity (Wildman–Crippen MR) is 70.5 cm³/mol. The van der Waals surface area contributed by atoms with Gasteiger partial charge in [-0.05, 0) is 19.3 Å². The first kappa shape index (κ1) is 15.2. The van der Waals surface area contributed by atoms with Crippen LogP contribution in [0, 0.1) is 17.8 Å². The van der Waals surface area contributed by atoms with Crippen LogP contribution < -0.4 is 0 Å². The molecule has 6 heteroatoms. The third kappa shape index (κ3) is 3.65. The number of rotatable bonds is 5. The van der Waals surface area contributed by atoms with E-state index < -0.39 is 35.7 Å². The average Bonchev–Trinajstić information content (AvgIpc) is 2.86. The van der Waals surface area contributed by atoms with Gasteiger partial charge in [0.15, 0.2) is 0 Å². The van der Waals surface area contributed by atoms with Crippen LogP contribution in [-0.2, 0) is 28.7 Å². The SMILES string of the molecule is C=C(C)CC(C=CC1CC(=O)OC1=O)C1CC(=O)OC1=O. The molecule has 0 radical (unpaired) electrons. The summed E-state index contributed by atoms with van der Waals surface area (Å²) in [5.74, 6) is -3.72. The highest BCUT2D eigenvalue weighted by atomic mass is 16.6. The number of carbonyl (C=O) groups excluding carboxylic acids is 4. The lowest BCUT2D eigenvalue weighted by molar-refractivity contribution is -0.154. The highest BCUT2D eigenvalue weighted by Crippen LogP contribution is 2.31. The Morgan fingerprint density at radius 2 is 1.81 bits per heavy atom. The number of carbonyl (C=O) groups is 4. The Hall–Kier alpha value is -2.24. The van der Waals surface area contributed by atoms with Crippen molar-refractivity contribution in [3.8, 4) is 0 Å². The molecular weight excluding hydrogens is 276 g/mol. The molecule has 0 spiro atoms. The fraction of sp³-hybridized carbons (Fsp3) is 0.467. The third-order valence-electron chi connectivity index (χ3n) is 3.50. The van der Waals surface area contributed by atoms with Crippen LogP contribution in [0.3, 0.4) is 0 Å². The fourth-order valence-electron chi connectivity index (χ4n) is 2.48. The maximum atomic E-state index is 11.7. The molecule has 0 aromatic rings. The molecule has 2 saturated heterocycles. The van der Waals surface area contributed by atoms with Crippen LogP contribution in [0.5, 0.6) is 0 Å². The minimum atomic E-state index is -0.627. The Balaban J connectivity index is 2.11. The monoisotopic (exact) mass is 292 g/mol. The van der Waals surface area contributed by atoms with E-state index in [1.165, 1.54) is 0 Å². The molecule has 0 aromatic carbocycles. The molecule has 2 rings (SSSR count). The Kier molecular flexibility index (Phi) is 4.35. The lowest BCUT2D eigenvalue weighted by Gasteiger charge is -2.16. The van der Waals surface area contributed by atoms with Gasteiger partial charge in [0, 0.05) is 0 Å². The molecule has 0 amide bonds. The summed E-state index contributed by atoms with van der Waals surface area (Å²) < 4.78 is 9.02. The van der Waals surface area contributed by atoms with E-state index in [1.807, 2.05) is 6.92 Å². The van der Waals surface area contributed by atoms with Gasteiger partial charge in [0.2, 0.25) is 0 Å². The smallest absolute Gasteiger partial charge is 0.321 e. The van der Waals surface area contributed by atoms with Gasteiger partial charge in [-0.15, -0.1) is 6.58 Å². The molecule has 112 valence electrons. The summed E-state index contributed by atoms with van der Waals surface area (Å²) >= 11 is 0. The van der Waals surface area contributed by atoms with E-state index in [1.54, 1.807) is 12.2 Å². The van der Waals surface area contributed by atoms with E-state index in [0.29, 0.717) is 6.42 Å². The van der Waals surface area contributed by atoms with Crippen LogP contribution in [0.2, 0.25) is 0 Å². The molecule has 3 unspecified atom stereocenters. The van der Waals surface area contributed by atoms with Crippen molar-refractivity contribution in [2.45, 2.75) is 26.2 Å². The maximum absolute atomic E-state index is 11.7. The van der Waals surface area contributed by atoms with Crippen LogP contribution in [0.25, 0.3) is 0 Å². The molecular formula is C15H16O6. The molecule has 3 atom stereocenters. The van der Waals surface area contributed by atoms with Gasteiger partial charge >= 0.3 is 23.9 Å². The zero-order chi connectivity index (χ0) is 15.6. The normalized spacial score (nSPS) is 27.1. The highest BCUT2D eigenvalue weighted by molar-refractivity contribution is 5.96. The zero-order valence-electron chi connectivity index (χ0n) is 11.7. The number of allylic oxidation sites excluding steroid dienone is 2. The topological polar surface area (TPSA) is 86.7 Å². The van der Waals surface area contributed by atoms with Crippen molar-refractivity contribution in [1.29, 1.82) is 0 Å². The van der Waals surface area contributed by atoms with Gasteiger partial charge in [-0.25, -0.2) is 0 Å². The number of hydrogen-bond acceptors (Lipinski definition) is 6. The van der Waals surface area contributed by atoms with Crippen molar-refractivity contribution in [2.24, 2.45) is 17.8 Å². The van der Waals surface area contributed by atoms with E-state index in [9.17, 15) is 19.2 Å². The molecule has 2 aliphatic rings. The molecule has 2 heterocycles. The maximum Gasteiger partial charge on any atom is 0.321 e. The minimum absolute atomic E-state index is 0.00314. The lowest BCUT2D eigenvalue weighted by atomic mass is 9.85. The largest absolute Gasteiger partial charge is 0.393 e. The van der Waals surface area contributed by atoms with E-state index in [-0.39, 0.29) is 18.8 Å². The Morgan fingerprint density at radius 3 is 2.29 bits per heavy atom. The van der Waals surface area contributed by atoms with Gasteiger partial charge in [0.1, 0.15) is 0 Å². The van der Waals surface area contributed by atoms with Gasteiger partial charge in [-0.1, -0.05) is 17.7 Å². The minimum Gasteiger partial charge on any atom is -0.393 e. The molecule has 0 aromatic heterocycles. The summed E-state index contributed by atoms with van der Waals surface area (Å²) in [6.45, 7) is 5.62. The molecule has 0 saturated carbocycles. The highest BCUT2D eigenvalue weighted by Gasteiger charge is 2.38. The number of hydrogen-bond donors (Lipinski definition) is 0. The summed E-state index contributed by atoms with van der Waals surface area (Å²) in [6, 6.07) is 0. The zero-order valence-corrected chi connectivity index (χ0v) is 11.7.